The second kappa shape index (κ2) is 9.07. The van der Waals surface area contributed by atoms with Crippen molar-refractivity contribution in [3.05, 3.63) is 58.8 Å². The lowest BCUT2D eigenvalue weighted by molar-refractivity contribution is -0.154. The molecule has 6 nitrogen and oxygen atoms in total. The number of likely N-dealkylation sites (tertiary alicyclic amines) is 1. The summed E-state index contributed by atoms with van der Waals surface area (Å²) < 4.78 is 41.3. The molecule has 0 spiro atoms. The van der Waals surface area contributed by atoms with Gasteiger partial charge in [-0.05, 0) is 37.0 Å². The number of hydrogen-bond acceptors (Lipinski definition) is 5. The van der Waals surface area contributed by atoms with Crippen LogP contribution in [0.25, 0.3) is 0 Å². The number of piperidine rings is 1. The Morgan fingerprint density at radius 1 is 1.22 bits per heavy atom. The highest BCUT2D eigenvalue weighted by Gasteiger charge is 2.35. The number of nitrogens with zero attached hydrogens (tertiary/aromatic N) is 3. The van der Waals surface area contributed by atoms with Crippen molar-refractivity contribution in [2.75, 3.05) is 26.2 Å². The molecule has 32 heavy (non-hydrogen) atoms. The normalized spacial score (nSPS) is 21.8. The topological polar surface area (TPSA) is 65.9 Å². The van der Waals surface area contributed by atoms with Crippen LogP contribution in [0.4, 0.5) is 13.2 Å². The van der Waals surface area contributed by atoms with Crippen LogP contribution >= 0.6 is 0 Å². The summed E-state index contributed by atoms with van der Waals surface area (Å²) in [4.78, 5) is 20.4. The largest absolute Gasteiger partial charge is 0.468 e. The molecular formula is C23H26F3N3O3. The molecule has 0 unspecified atom stereocenters. The van der Waals surface area contributed by atoms with Crippen LogP contribution in [0, 0.1) is 6.92 Å². The number of hydrogen-bond donors (Lipinski definition) is 1. The zero-order valence-corrected chi connectivity index (χ0v) is 17.8. The Hall–Kier alpha value is -2.65. The zero-order valence-electron chi connectivity index (χ0n) is 17.8. The highest BCUT2D eigenvalue weighted by molar-refractivity contribution is 5.94. The van der Waals surface area contributed by atoms with Crippen molar-refractivity contribution in [2.24, 2.45) is 0 Å². The van der Waals surface area contributed by atoms with Gasteiger partial charge in [-0.1, -0.05) is 23.8 Å². The van der Waals surface area contributed by atoms with Crippen LogP contribution in [0.5, 0.6) is 5.88 Å². The molecule has 1 aromatic carbocycles. The number of aliphatic hydroxyl groups is 1. The predicted molar refractivity (Wildman–Crippen MR) is 111 cm³/mol. The number of aromatic nitrogens is 1. The number of fused-ring (bicyclic) bond motifs is 1. The average molecular weight is 449 g/mol. The summed E-state index contributed by atoms with van der Waals surface area (Å²) in [5, 5.41) is 10.8. The Morgan fingerprint density at radius 2 is 2.03 bits per heavy atom. The lowest BCUT2D eigenvalue weighted by Gasteiger charge is -2.43. The minimum Gasteiger partial charge on any atom is -0.468 e. The first-order valence-corrected chi connectivity index (χ1v) is 10.6. The minimum absolute atomic E-state index is 0.0234. The molecular weight excluding hydrogens is 423 g/mol. The van der Waals surface area contributed by atoms with E-state index in [1.807, 2.05) is 0 Å². The number of alkyl halides is 3. The maximum absolute atomic E-state index is 12.8. The second-order valence-electron chi connectivity index (χ2n) is 8.46. The quantitative estimate of drug-likeness (QED) is 0.778. The Bertz CT molecular complexity index is 965. The number of amides is 1. The number of carbonyl (C=O) groups excluding carboxylic acids is 1. The van der Waals surface area contributed by atoms with Crippen molar-refractivity contribution < 1.29 is 27.8 Å². The second-order valence-corrected chi connectivity index (χ2v) is 8.46. The van der Waals surface area contributed by atoms with E-state index in [9.17, 15) is 23.1 Å². The van der Waals surface area contributed by atoms with Gasteiger partial charge in [0.05, 0.1) is 11.7 Å². The van der Waals surface area contributed by atoms with Gasteiger partial charge in [0.25, 0.3) is 5.91 Å². The van der Waals surface area contributed by atoms with Crippen LogP contribution < -0.4 is 4.74 Å². The molecule has 2 aromatic rings. The Balaban J connectivity index is 1.34. The van der Waals surface area contributed by atoms with Crippen molar-refractivity contribution in [3.63, 3.8) is 0 Å². The summed E-state index contributed by atoms with van der Waals surface area (Å²) in [6.07, 6.45) is -2.34. The van der Waals surface area contributed by atoms with Crippen molar-refractivity contribution >= 4 is 5.91 Å². The number of ether oxygens (including phenoxy) is 1. The molecule has 1 aromatic heterocycles. The summed E-state index contributed by atoms with van der Waals surface area (Å²) in [5.41, 5.74) is 4.14. The van der Waals surface area contributed by atoms with Gasteiger partial charge in [-0.2, -0.15) is 13.2 Å². The lowest BCUT2D eigenvalue weighted by atomic mass is 9.93. The van der Waals surface area contributed by atoms with Gasteiger partial charge in [0.1, 0.15) is 0 Å². The van der Waals surface area contributed by atoms with Gasteiger partial charge in [-0.25, -0.2) is 4.98 Å². The van der Waals surface area contributed by atoms with E-state index in [1.54, 1.807) is 4.90 Å². The van der Waals surface area contributed by atoms with E-state index in [0.29, 0.717) is 13.0 Å². The molecule has 4 rings (SSSR count). The lowest BCUT2D eigenvalue weighted by Crippen LogP contribution is -2.56. The third kappa shape index (κ3) is 5.21. The molecule has 1 fully saturated rings. The first-order chi connectivity index (χ1) is 15.2. The maximum Gasteiger partial charge on any atom is 0.422 e. The summed E-state index contributed by atoms with van der Waals surface area (Å²) in [5.74, 6) is -0.505. The first-order valence-electron chi connectivity index (χ1n) is 10.6. The van der Waals surface area contributed by atoms with Crippen LogP contribution in [0.2, 0.25) is 0 Å². The molecule has 0 bridgehead atoms. The Labute approximate surface area is 184 Å². The number of halogens is 3. The highest BCUT2D eigenvalue weighted by Crippen LogP contribution is 2.27. The first kappa shape index (κ1) is 22.5. The number of benzene rings is 1. The van der Waals surface area contributed by atoms with Crippen molar-refractivity contribution in [2.45, 2.75) is 44.6 Å². The Morgan fingerprint density at radius 3 is 2.72 bits per heavy atom. The number of pyridine rings is 1. The molecule has 1 N–H and O–H groups in total. The number of aliphatic hydroxyl groups excluding tert-OH is 1. The van der Waals surface area contributed by atoms with E-state index in [-0.39, 0.29) is 29.9 Å². The van der Waals surface area contributed by atoms with Gasteiger partial charge in [-0.15, -0.1) is 0 Å². The van der Waals surface area contributed by atoms with Gasteiger partial charge in [0.2, 0.25) is 5.88 Å². The average Bonchev–Trinajstić information content (AvgIpc) is 2.76. The van der Waals surface area contributed by atoms with Crippen molar-refractivity contribution in [1.82, 2.24) is 14.8 Å². The van der Waals surface area contributed by atoms with Crippen LogP contribution in [-0.4, -0.2) is 70.4 Å². The molecule has 0 radical (unpaired) electrons. The predicted octanol–water partition coefficient (Wildman–Crippen LogP) is 2.96. The Kier molecular flexibility index (Phi) is 6.39. The minimum atomic E-state index is -4.45. The monoisotopic (exact) mass is 449 g/mol. The summed E-state index contributed by atoms with van der Waals surface area (Å²) in [6.45, 7) is 3.00. The van der Waals surface area contributed by atoms with Crippen LogP contribution in [0.1, 0.15) is 33.5 Å². The van der Waals surface area contributed by atoms with Gasteiger partial charge >= 0.3 is 6.18 Å². The molecule has 2 aliphatic rings. The van der Waals surface area contributed by atoms with E-state index in [1.165, 1.54) is 35.0 Å². The molecule has 3 heterocycles. The standard InChI is InChI=1S/C23H26F3N3O3/c1-15-2-3-18-12-28(8-6-16(18)10-15)19-7-9-29(13-20(19)30)22(31)17-4-5-21(27-11-17)32-14-23(24,25)26/h2-5,10-11,19-20,30H,6-9,12-14H2,1H3/t19-,20-/m1/s1. The fourth-order valence-electron chi connectivity index (χ4n) is 4.45. The molecule has 9 heteroatoms. The molecule has 0 saturated carbocycles. The van der Waals surface area contributed by atoms with E-state index in [0.717, 1.165) is 19.5 Å². The molecule has 172 valence electrons. The molecule has 0 aliphatic carbocycles. The molecule has 2 atom stereocenters. The van der Waals surface area contributed by atoms with Crippen LogP contribution in [0.3, 0.4) is 0 Å². The summed E-state index contributed by atoms with van der Waals surface area (Å²) in [6, 6.07) is 9.09. The smallest absolute Gasteiger partial charge is 0.422 e. The SMILES string of the molecule is Cc1ccc2c(c1)CCN([C@@H]1CCN(C(=O)c3ccc(OCC(F)(F)F)nc3)C[C@H]1O)C2. The van der Waals surface area contributed by atoms with Gasteiger partial charge in [0, 0.05) is 44.5 Å². The number of carbonyl (C=O) groups is 1. The van der Waals surface area contributed by atoms with E-state index >= 15 is 0 Å². The fourth-order valence-corrected chi connectivity index (χ4v) is 4.45. The zero-order chi connectivity index (χ0) is 22.9. The molecule has 1 amide bonds. The fraction of sp³-hybridized carbons (Fsp3) is 0.478. The highest BCUT2D eigenvalue weighted by atomic mass is 19.4. The van der Waals surface area contributed by atoms with Crippen molar-refractivity contribution in [1.29, 1.82) is 0 Å². The van der Waals surface area contributed by atoms with Crippen molar-refractivity contribution in [3.8, 4) is 5.88 Å². The van der Waals surface area contributed by atoms with Gasteiger partial charge in [0.15, 0.2) is 6.61 Å². The van der Waals surface area contributed by atoms with Gasteiger partial charge in [-0.3, -0.25) is 9.69 Å². The van der Waals surface area contributed by atoms with Crippen LogP contribution in [0.15, 0.2) is 36.5 Å². The van der Waals surface area contributed by atoms with E-state index in [4.69, 9.17) is 0 Å². The number of aryl methyl sites for hydroxylation is 1. The molecule has 1 saturated heterocycles. The van der Waals surface area contributed by atoms with E-state index < -0.39 is 18.9 Å². The summed E-state index contributed by atoms with van der Waals surface area (Å²) >= 11 is 0. The number of β-amino-alcohol motifs (C(OH)–C–C–N with tert-alkyl or cyclic N) is 1. The van der Waals surface area contributed by atoms with E-state index in [2.05, 4.69) is 39.7 Å². The third-order valence-electron chi connectivity index (χ3n) is 6.07. The van der Waals surface area contributed by atoms with Crippen LogP contribution in [-0.2, 0) is 13.0 Å². The maximum atomic E-state index is 12.8. The molecule has 2 aliphatic heterocycles. The number of rotatable bonds is 4. The van der Waals surface area contributed by atoms with Gasteiger partial charge < -0.3 is 14.7 Å². The summed E-state index contributed by atoms with van der Waals surface area (Å²) in [7, 11) is 0. The third-order valence-corrected chi connectivity index (χ3v) is 6.07.